The Morgan fingerprint density at radius 2 is 1.90 bits per heavy atom. The molecule has 2 atom stereocenters. The first kappa shape index (κ1) is 16.3. The molecule has 3 amide bonds. The van der Waals surface area contributed by atoms with E-state index in [9.17, 15) is 9.59 Å². The van der Waals surface area contributed by atoms with Crippen molar-refractivity contribution in [2.24, 2.45) is 11.8 Å². The molecule has 1 aliphatic heterocycles. The molecule has 0 aromatic heterocycles. The van der Waals surface area contributed by atoms with Gasteiger partial charge in [-0.15, -0.1) is 0 Å². The number of urea groups is 1. The molecular formula is C16H29N3O2. The van der Waals surface area contributed by atoms with E-state index in [0.717, 1.165) is 45.2 Å². The molecule has 5 heteroatoms. The minimum Gasteiger partial charge on any atom is -0.323 e. The fraction of sp³-hybridized carbons (Fsp3) is 0.875. The lowest BCUT2D eigenvalue weighted by Crippen LogP contribution is -2.58. The molecule has 1 saturated heterocycles. The first-order chi connectivity index (χ1) is 10.0. The van der Waals surface area contributed by atoms with Crippen LogP contribution in [0, 0.1) is 11.8 Å². The summed E-state index contributed by atoms with van der Waals surface area (Å²) >= 11 is 0. The first-order valence-corrected chi connectivity index (χ1v) is 8.38. The molecule has 1 spiro atoms. The zero-order chi connectivity index (χ0) is 15.5. The van der Waals surface area contributed by atoms with Crippen molar-refractivity contribution < 1.29 is 9.59 Å². The van der Waals surface area contributed by atoms with Gasteiger partial charge in [-0.2, -0.15) is 0 Å². The maximum Gasteiger partial charge on any atom is 0.325 e. The van der Waals surface area contributed by atoms with Crippen molar-refractivity contribution in [3.63, 3.8) is 0 Å². The van der Waals surface area contributed by atoms with Gasteiger partial charge in [0.1, 0.15) is 5.54 Å². The van der Waals surface area contributed by atoms with Crippen LogP contribution in [-0.4, -0.2) is 42.0 Å². The van der Waals surface area contributed by atoms with E-state index in [-0.39, 0.29) is 23.8 Å². The van der Waals surface area contributed by atoms with E-state index in [2.05, 4.69) is 31.4 Å². The number of rotatable bonds is 6. The number of imide groups is 1. The molecule has 0 aromatic carbocycles. The minimum atomic E-state index is -0.647. The Hall–Kier alpha value is -1.10. The van der Waals surface area contributed by atoms with Crippen molar-refractivity contribution in [2.45, 2.75) is 58.4 Å². The molecule has 2 fully saturated rings. The highest BCUT2D eigenvalue weighted by Crippen LogP contribution is 2.42. The zero-order valence-corrected chi connectivity index (χ0v) is 13.6. The van der Waals surface area contributed by atoms with Crippen molar-refractivity contribution in [1.82, 2.24) is 15.5 Å². The molecule has 2 unspecified atom stereocenters. The van der Waals surface area contributed by atoms with Gasteiger partial charge in [-0.25, -0.2) is 4.79 Å². The average molecular weight is 295 g/mol. The fourth-order valence-corrected chi connectivity index (χ4v) is 3.82. The third-order valence-corrected chi connectivity index (χ3v) is 5.15. The second kappa shape index (κ2) is 6.77. The third-order valence-electron chi connectivity index (χ3n) is 5.15. The molecule has 2 rings (SSSR count). The van der Waals surface area contributed by atoms with Crippen molar-refractivity contribution in [2.75, 3.05) is 19.6 Å². The van der Waals surface area contributed by atoms with Gasteiger partial charge in [-0.3, -0.25) is 9.69 Å². The van der Waals surface area contributed by atoms with Gasteiger partial charge in [0.05, 0.1) is 0 Å². The summed E-state index contributed by atoms with van der Waals surface area (Å²) in [5.74, 6) is 0.449. The standard InChI is InChI=1S/C16H29N3O2/c1-4-9-17-10-6-11-19-14(20)16(18-15(19)21)12(2)7-5-8-13(16)3/h12-13,17H,4-11H2,1-3H3,(H,18,21). The Labute approximate surface area is 127 Å². The summed E-state index contributed by atoms with van der Waals surface area (Å²) < 4.78 is 0. The molecule has 1 saturated carbocycles. The Balaban J connectivity index is 1.99. The van der Waals surface area contributed by atoms with Gasteiger partial charge in [-0.05, 0) is 50.6 Å². The summed E-state index contributed by atoms with van der Waals surface area (Å²) in [5, 5.41) is 6.35. The molecule has 0 aromatic rings. The van der Waals surface area contributed by atoms with Gasteiger partial charge in [0, 0.05) is 6.54 Å². The van der Waals surface area contributed by atoms with Crippen molar-refractivity contribution in [3.05, 3.63) is 0 Å². The SMILES string of the molecule is CCCNCCCN1C(=O)NC2(C1=O)C(C)CCCC2C. The molecule has 1 aliphatic carbocycles. The lowest BCUT2D eigenvalue weighted by atomic mass is 9.67. The quantitative estimate of drug-likeness (QED) is 0.583. The second-order valence-electron chi connectivity index (χ2n) is 6.59. The summed E-state index contributed by atoms with van der Waals surface area (Å²) in [6.45, 7) is 8.67. The van der Waals surface area contributed by atoms with Gasteiger partial charge in [0.15, 0.2) is 0 Å². The van der Waals surface area contributed by atoms with Crippen LogP contribution in [0.25, 0.3) is 0 Å². The Bertz CT molecular complexity index is 387. The second-order valence-corrected chi connectivity index (χ2v) is 6.59. The summed E-state index contributed by atoms with van der Waals surface area (Å²) in [7, 11) is 0. The highest BCUT2D eigenvalue weighted by Gasteiger charge is 2.57. The number of carbonyl (C=O) groups excluding carboxylic acids is 2. The predicted octanol–water partition coefficient (Wildman–Crippen LogP) is 2.12. The number of hydrogen-bond acceptors (Lipinski definition) is 3. The van der Waals surface area contributed by atoms with Crippen LogP contribution in [-0.2, 0) is 4.79 Å². The molecule has 120 valence electrons. The van der Waals surface area contributed by atoms with Crippen LogP contribution < -0.4 is 10.6 Å². The van der Waals surface area contributed by atoms with Gasteiger partial charge >= 0.3 is 6.03 Å². The number of carbonyl (C=O) groups is 2. The van der Waals surface area contributed by atoms with Crippen LogP contribution in [0.5, 0.6) is 0 Å². The van der Waals surface area contributed by atoms with Gasteiger partial charge in [0.25, 0.3) is 5.91 Å². The van der Waals surface area contributed by atoms with E-state index in [1.54, 1.807) is 0 Å². The summed E-state index contributed by atoms with van der Waals surface area (Å²) in [6.07, 6.45) is 5.10. The number of hydrogen-bond donors (Lipinski definition) is 2. The van der Waals surface area contributed by atoms with Crippen molar-refractivity contribution in [3.8, 4) is 0 Å². The zero-order valence-electron chi connectivity index (χ0n) is 13.6. The van der Waals surface area contributed by atoms with Crippen LogP contribution >= 0.6 is 0 Å². The van der Waals surface area contributed by atoms with Crippen LogP contribution in [0.4, 0.5) is 4.79 Å². The lowest BCUT2D eigenvalue weighted by Gasteiger charge is -2.42. The highest BCUT2D eigenvalue weighted by molar-refractivity contribution is 6.07. The van der Waals surface area contributed by atoms with Crippen molar-refractivity contribution in [1.29, 1.82) is 0 Å². The maximum atomic E-state index is 12.9. The first-order valence-electron chi connectivity index (χ1n) is 8.38. The molecule has 0 bridgehead atoms. The normalized spacial score (nSPS) is 32.8. The highest BCUT2D eigenvalue weighted by atomic mass is 16.2. The third kappa shape index (κ3) is 2.93. The molecule has 21 heavy (non-hydrogen) atoms. The largest absolute Gasteiger partial charge is 0.325 e. The average Bonchev–Trinajstić information content (AvgIpc) is 2.70. The summed E-state index contributed by atoms with van der Waals surface area (Å²) in [6, 6.07) is -0.198. The summed E-state index contributed by atoms with van der Waals surface area (Å²) in [5.41, 5.74) is -0.647. The Morgan fingerprint density at radius 1 is 1.24 bits per heavy atom. The van der Waals surface area contributed by atoms with Crippen LogP contribution in [0.3, 0.4) is 0 Å². The van der Waals surface area contributed by atoms with Crippen LogP contribution in [0.2, 0.25) is 0 Å². The van der Waals surface area contributed by atoms with Gasteiger partial charge in [0.2, 0.25) is 0 Å². The number of nitrogens with one attached hydrogen (secondary N) is 2. The smallest absolute Gasteiger partial charge is 0.323 e. The molecule has 1 heterocycles. The van der Waals surface area contributed by atoms with E-state index in [4.69, 9.17) is 0 Å². The Morgan fingerprint density at radius 3 is 2.52 bits per heavy atom. The monoisotopic (exact) mass is 295 g/mol. The molecule has 2 N–H and O–H groups in total. The van der Waals surface area contributed by atoms with Gasteiger partial charge in [-0.1, -0.05) is 27.2 Å². The topological polar surface area (TPSA) is 61.4 Å². The molecule has 5 nitrogen and oxygen atoms in total. The van der Waals surface area contributed by atoms with Crippen LogP contribution in [0.15, 0.2) is 0 Å². The van der Waals surface area contributed by atoms with Crippen molar-refractivity contribution >= 4 is 11.9 Å². The number of amides is 3. The van der Waals surface area contributed by atoms with E-state index >= 15 is 0 Å². The van der Waals surface area contributed by atoms with E-state index in [0.29, 0.717) is 6.54 Å². The summed E-state index contributed by atoms with van der Waals surface area (Å²) in [4.78, 5) is 26.5. The minimum absolute atomic E-state index is 0.00249. The number of nitrogens with zero attached hydrogens (tertiary/aromatic N) is 1. The van der Waals surface area contributed by atoms with E-state index in [1.165, 1.54) is 4.90 Å². The predicted molar refractivity (Wildman–Crippen MR) is 82.9 cm³/mol. The lowest BCUT2D eigenvalue weighted by molar-refractivity contribution is -0.136. The van der Waals surface area contributed by atoms with E-state index < -0.39 is 5.54 Å². The molecular weight excluding hydrogens is 266 g/mol. The van der Waals surface area contributed by atoms with Crippen LogP contribution in [0.1, 0.15) is 52.9 Å². The fourth-order valence-electron chi connectivity index (χ4n) is 3.82. The molecule has 2 aliphatic rings. The maximum absolute atomic E-state index is 12.9. The van der Waals surface area contributed by atoms with E-state index in [1.807, 2.05) is 0 Å². The van der Waals surface area contributed by atoms with Gasteiger partial charge < -0.3 is 10.6 Å². The Kier molecular flexibility index (Phi) is 5.25. The molecule has 0 radical (unpaired) electrons.